The first-order valence-corrected chi connectivity index (χ1v) is 9.38. The highest BCUT2D eigenvalue weighted by Gasteiger charge is 2.68. The molecule has 0 N–H and O–H groups in total. The molecule has 144 valence electrons. The minimum absolute atomic E-state index is 0.148. The molecule has 0 amide bonds. The molecule has 2 aliphatic carbocycles. The first kappa shape index (κ1) is 18.0. The fourth-order valence-corrected chi connectivity index (χ4v) is 5.74. The average molecular weight is 372 g/mol. The summed E-state index contributed by atoms with van der Waals surface area (Å²) in [4.78, 5) is 39.1. The Balaban J connectivity index is 1.83. The number of carbonyl (C=O) groups excluding carboxylic acids is 3. The normalized spacial score (nSPS) is 38.3. The van der Waals surface area contributed by atoms with Gasteiger partial charge in [0.2, 0.25) is 0 Å². The van der Waals surface area contributed by atoms with Crippen molar-refractivity contribution >= 4 is 17.7 Å². The third-order valence-corrected chi connectivity index (χ3v) is 6.91. The summed E-state index contributed by atoms with van der Waals surface area (Å²) < 4.78 is 16.0. The van der Waals surface area contributed by atoms with E-state index in [1.165, 1.54) is 7.11 Å². The summed E-state index contributed by atoms with van der Waals surface area (Å²) in [5.74, 6) is -1.89. The van der Waals surface area contributed by atoms with Crippen LogP contribution < -0.4 is 0 Å². The highest BCUT2D eigenvalue weighted by atomic mass is 16.5. The van der Waals surface area contributed by atoms with Crippen molar-refractivity contribution in [3.05, 3.63) is 35.8 Å². The maximum absolute atomic E-state index is 13.4. The molecule has 1 aliphatic heterocycles. The van der Waals surface area contributed by atoms with Crippen LogP contribution in [-0.2, 0) is 23.9 Å². The van der Waals surface area contributed by atoms with E-state index in [9.17, 15) is 14.4 Å². The summed E-state index contributed by atoms with van der Waals surface area (Å²) in [7, 11) is 1.33. The molecule has 0 radical (unpaired) electrons. The van der Waals surface area contributed by atoms with Crippen molar-refractivity contribution in [2.75, 3.05) is 7.11 Å². The predicted octanol–water partition coefficient (Wildman–Crippen LogP) is 3.38. The van der Waals surface area contributed by atoms with E-state index in [4.69, 9.17) is 13.9 Å². The monoisotopic (exact) mass is 372 g/mol. The number of rotatable bonds is 2. The van der Waals surface area contributed by atoms with Crippen molar-refractivity contribution in [3.8, 4) is 0 Å². The molecule has 0 bridgehead atoms. The lowest BCUT2D eigenvalue weighted by molar-refractivity contribution is -0.201. The summed E-state index contributed by atoms with van der Waals surface area (Å²) in [6, 6.07) is 1.79. The Morgan fingerprint density at radius 3 is 2.74 bits per heavy atom. The van der Waals surface area contributed by atoms with Gasteiger partial charge in [0.15, 0.2) is 5.78 Å². The number of ether oxygens (including phenoxy) is 2. The molecule has 1 saturated carbocycles. The predicted molar refractivity (Wildman–Crippen MR) is 94.3 cm³/mol. The molecule has 5 atom stereocenters. The maximum Gasteiger partial charge on any atom is 0.314 e. The number of cyclic esters (lactones) is 1. The van der Waals surface area contributed by atoms with Gasteiger partial charge in [0.25, 0.3) is 0 Å². The maximum atomic E-state index is 13.4. The van der Waals surface area contributed by atoms with Crippen LogP contribution in [0.4, 0.5) is 0 Å². The zero-order chi connectivity index (χ0) is 19.4. The molecule has 1 unspecified atom stereocenters. The van der Waals surface area contributed by atoms with E-state index < -0.39 is 28.8 Å². The molecule has 0 aromatic carbocycles. The number of hydrogen-bond acceptors (Lipinski definition) is 6. The van der Waals surface area contributed by atoms with Crippen LogP contribution in [-0.4, -0.2) is 24.8 Å². The third kappa shape index (κ3) is 2.35. The zero-order valence-electron chi connectivity index (χ0n) is 15.8. The van der Waals surface area contributed by atoms with Gasteiger partial charge >= 0.3 is 11.9 Å². The highest BCUT2D eigenvalue weighted by molar-refractivity contribution is 6.02. The quantitative estimate of drug-likeness (QED) is 0.740. The Kier molecular flexibility index (Phi) is 4.05. The van der Waals surface area contributed by atoms with Crippen LogP contribution in [0.1, 0.15) is 51.2 Å². The molecule has 1 aromatic rings. The highest BCUT2D eigenvalue weighted by Crippen LogP contribution is 2.63. The topological polar surface area (TPSA) is 82.8 Å². The van der Waals surface area contributed by atoms with E-state index >= 15 is 0 Å². The number of furan rings is 1. The second kappa shape index (κ2) is 6.08. The molecule has 1 spiro atoms. The number of carbonyl (C=O) groups is 3. The molecule has 3 aliphatic rings. The lowest BCUT2D eigenvalue weighted by Crippen LogP contribution is -2.62. The first-order chi connectivity index (χ1) is 12.8. The Labute approximate surface area is 157 Å². The lowest BCUT2D eigenvalue weighted by atomic mass is 9.46. The van der Waals surface area contributed by atoms with E-state index in [1.807, 2.05) is 6.92 Å². The van der Waals surface area contributed by atoms with Crippen LogP contribution in [0.2, 0.25) is 0 Å². The Morgan fingerprint density at radius 1 is 1.30 bits per heavy atom. The molecule has 6 heteroatoms. The average Bonchev–Trinajstić information content (AvgIpc) is 3.17. The molecule has 1 aromatic heterocycles. The van der Waals surface area contributed by atoms with Gasteiger partial charge < -0.3 is 13.9 Å². The standard InChI is InChI=1S/C21H24O6/c1-12-9-15(22)17-20(2,18(23)25-3)6-4-7-21(17)14(12)10-16(27-19(21)24)13-5-8-26-11-13/h5,8-9,11,14,16-17H,4,6-7,10H2,1-3H3/t14-,16+,17?,20+,21-/m1/s1. The molecule has 27 heavy (non-hydrogen) atoms. The van der Waals surface area contributed by atoms with E-state index in [1.54, 1.807) is 31.6 Å². The van der Waals surface area contributed by atoms with E-state index in [0.717, 1.165) is 11.1 Å². The van der Waals surface area contributed by atoms with Crippen LogP contribution in [0, 0.1) is 22.7 Å². The largest absolute Gasteiger partial charge is 0.472 e. The summed E-state index contributed by atoms with van der Waals surface area (Å²) in [5.41, 5.74) is -0.334. The summed E-state index contributed by atoms with van der Waals surface area (Å²) in [6.45, 7) is 3.65. The van der Waals surface area contributed by atoms with Gasteiger partial charge in [0.05, 0.1) is 36.4 Å². The van der Waals surface area contributed by atoms with E-state index in [2.05, 4.69) is 0 Å². The third-order valence-electron chi connectivity index (χ3n) is 6.91. The van der Waals surface area contributed by atoms with Gasteiger partial charge in [-0.05, 0) is 45.3 Å². The number of hydrogen-bond donors (Lipinski definition) is 0. The Hall–Kier alpha value is -2.37. The SMILES string of the molecule is COC(=O)[C@@]1(C)CCC[C@@]23C(=O)O[C@H](c4ccoc4)C[C@@H]2C(C)=CC(=O)C31. The second-order valence-electron chi connectivity index (χ2n) is 8.27. The van der Waals surface area contributed by atoms with Crippen molar-refractivity contribution in [1.82, 2.24) is 0 Å². The Bertz CT molecular complexity index is 822. The minimum atomic E-state index is -1.03. The van der Waals surface area contributed by atoms with Crippen LogP contribution in [0.5, 0.6) is 0 Å². The van der Waals surface area contributed by atoms with E-state index in [0.29, 0.717) is 25.7 Å². The fraction of sp³-hybridized carbons (Fsp3) is 0.571. The minimum Gasteiger partial charge on any atom is -0.472 e. The fourth-order valence-electron chi connectivity index (χ4n) is 5.74. The molecule has 2 fully saturated rings. The summed E-state index contributed by atoms with van der Waals surface area (Å²) >= 11 is 0. The lowest BCUT2D eigenvalue weighted by Gasteiger charge is -2.57. The van der Waals surface area contributed by atoms with Gasteiger partial charge in [-0.2, -0.15) is 0 Å². The van der Waals surface area contributed by atoms with Gasteiger partial charge in [-0.15, -0.1) is 0 Å². The van der Waals surface area contributed by atoms with Crippen molar-refractivity contribution in [2.45, 2.75) is 45.6 Å². The summed E-state index contributed by atoms with van der Waals surface area (Å²) in [5, 5.41) is 0. The molecule has 4 rings (SSSR count). The van der Waals surface area contributed by atoms with E-state index in [-0.39, 0.29) is 17.7 Å². The molecule has 6 nitrogen and oxygen atoms in total. The van der Waals surface area contributed by atoms with Gasteiger partial charge in [-0.3, -0.25) is 14.4 Å². The van der Waals surface area contributed by atoms with Crippen molar-refractivity contribution in [3.63, 3.8) is 0 Å². The van der Waals surface area contributed by atoms with Crippen molar-refractivity contribution in [2.24, 2.45) is 22.7 Å². The van der Waals surface area contributed by atoms with Crippen LogP contribution in [0.15, 0.2) is 34.7 Å². The second-order valence-corrected chi connectivity index (χ2v) is 8.27. The number of esters is 2. The van der Waals surface area contributed by atoms with Crippen molar-refractivity contribution < 1.29 is 28.3 Å². The molecule has 2 heterocycles. The van der Waals surface area contributed by atoms with Gasteiger partial charge in [-0.1, -0.05) is 12.0 Å². The summed E-state index contributed by atoms with van der Waals surface area (Å²) in [6.07, 6.45) is 6.66. The molecule has 1 saturated heterocycles. The Morgan fingerprint density at radius 2 is 2.07 bits per heavy atom. The first-order valence-electron chi connectivity index (χ1n) is 9.38. The van der Waals surface area contributed by atoms with Crippen LogP contribution in [0.3, 0.4) is 0 Å². The molecular weight excluding hydrogens is 348 g/mol. The van der Waals surface area contributed by atoms with Crippen LogP contribution >= 0.6 is 0 Å². The smallest absolute Gasteiger partial charge is 0.314 e. The number of methoxy groups -OCH3 is 1. The van der Waals surface area contributed by atoms with Gasteiger partial charge in [0, 0.05) is 11.5 Å². The van der Waals surface area contributed by atoms with Crippen molar-refractivity contribution in [1.29, 1.82) is 0 Å². The number of ketones is 1. The molecular formula is C21H24O6. The zero-order valence-corrected chi connectivity index (χ0v) is 15.8. The van der Waals surface area contributed by atoms with Gasteiger partial charge in [0.1, 0.15) is 6.10 Å². The number of allylic oxidation sites excluding steroid dienone is 2. The van der Waals surface area contributed by atoms with Gasteiger partial charge in [-0.25, -0.2) is 0 Å². The van der Waals surface area contributed by atoms with Crippen LogP contribution in [0.25, 0.3) is 0 Å².